The van der Waals surface area contributed by atoms with Crippen LogP contribution in [0.3, 0.4) is 0 Å². The lowest BCUT2D eigenvalue weighted by Gasteiger charge is -2.07. The number of alkyl halides is 3. The molecular formula is C20H17F3N2O4S. The van der Waals surface area contributed by atoms with Crippen LogP contribution in [-0.2, 0) is 22.2 Å². The van der Waals surface area contributed by atoms with Gasteiger partial charge in [0.1, 0.15) is 0 Å². The van der Waals surface area contributed by atoms with Crippen molar-refractivity contribution in [1.82, 2.24) is 4.57 Å². The number of methoxy groups -OCH3 is 2. The number of nitrogens with zero attached hydrogens (tertiary/aromatic N) is 2. The Hall–Kier alpha value is -2.98. The van der Waals surface area contributed by atoms with Gasteiger partial charge in [-0.2, -0.15) is 18.2 Å². The van der Waals surface area contributed by atoms with E-state index in [1.807, 2.05) is 0 Å². The number of ether oxygens (including phenoxy) is 2. The van der Waals surface area contributed by atoms with Crippen LogP contribution in [0.25, 0.3) is 10.2 Å². The molecule has 0 saturated carbocycles. The Kier molecular flexibility index (Phi) is 6.37. The van der Waals surface area contributed by atoms with Crippen molar-refractivity contribution in [2.45, 2.75) is 12.7 Å². The number of aromatic nitrogens is 1. The first-order valence-electron chi connectivity index (χ1n) is 8.71. The number of halogens is 3. The van der Waals surface area contributed by atoms with Gasteiger partial charge in [-0.25, -0.2) is 4.79 Å². The van der Waals surface area contributed by atoms with Crippen molar-refractivity contribution in [3.05, 3.63) is 64.0 Å². The number of hydrogen-bond acceptors (Lipinski definition) is 5. The fraction of sp³-hybridized carbons (Fsp3) is 0.250. The zero-order valence-corrected chi connectivity index (χ0v) is 16.8. The summed E-state index contributed by atoms with van der Waals surface area (Å²) in [6.45, 7) is 0.693. The van der Waals surface area contributed by atoms with Gasteiger partial charge in [0.05, 0.1) is 35.1 Å². The highest BCUT2D eigenvalue weighted by molar-refractivity contribution is 7.16. The van der Waals surface area contributed by atoms with Crippen molar-refractivity contribution in [3.63, 3.8) is 0 Å². The van der Waals surface area contributed by atoms with Gasteiger partial charge in [0.15, 0.2) is 4.80 Å². The van der Waals surface area contributed by atoms with Crippen LogP contribution in [0, 0.1) is 0 Å². The number of hydrogen-bond donors (Lipinski definition) is 0. The smallest absolute Gasteiger partial charge is 0.416 e. The molecule has 0 saturated heterocycles. The van der Waals surface area contributed by atoms with Gasteiger partial charge in [-0.05, 0) is 36.4 Å². The summed E-state index contributed by atoms with van der Waals surface area (Å²) < 4.78 is 51.0. The minimum atomic E-state index is -4.56. The van der Waals surface area contributed by atoms with Crippen molar-refractivity contribution >= 4 is 33.4 Å². The molecular weight excluding hydrogens is 421 g/mol. The highest BCUT2D eigenvalue weighted by Crippen LogP contribution is 2.29. The predicted octanol–water partition coefficient (Wildman–Crippen LogP) is 3.90. The van der Waals surface area contributed by atoms with Crippen LogP contribution in [0.2, 0.25) is 0 Å². The Bertz CT molecular complexity index is 1160. The SMILES string of the molecule is COCCn1c(=NC(=O)c2cccc(C(F)(F)F)c2)sc2cc(C(=O)OC)ccc21. The Morgan fingerprint density at radius 2 is 1.87 bits per heavy atom. The molecule has 3 aromatic rings. The second-order valence-electron chi connectivity index (χ2n) is 6.20. The fourth-order valence-corrected chi connectivity index (χ4v) is 3.88. The molecule has 6 nitrogen and oxygen atoms in total. The molecule has 30 heavy (non-hydrogen) atoms. The van der Waals surface area contributed by atoms with Crippen molar-refractivity contribution < 1.29 is 32.2 Å². The van der Waals surface area contributed by atoms with Crippen LogP contribution < -0.4 is 4.80 Å². The third kappa shape index (κ3) is 4.60. The zero-order chi connectivity index (χ0) is 21.9. The molecule has 0 spiro atoms. The molecule has 1 amide bonds. The lowest BCUT2D eigenvalue weighted by atomic mass is 10.1. The van der Waals surface area contributed by atoms with Crippen LogP contribution in [0.1, 0.15) is 26.3 Å². The maximum atomic E-state index is 12.9. The van der Waals surface area contributed by atoms with Gasteiger partial charge in [0, 0.05) is 19.2 Å². The number of carbonyl (C=O) groups is 2. The average Bonchev–Trinajstić information content (AvgIpc) is 3.07. The second-order valence-corrected chi connectivity index (χ2v) is 7.21. The Morgan fingerprint density at radius 1 is 1.10 bits per heavy atom. The van der Waals surface area contributed by atoms with Crippen molar-refractivity contribution in [2.24, 2.45) is 4.99 Å². The largest absolute Gasteiger partial charge is 0.465 e. The van der Waals surface area contributed by atoms with Crippen molar-refractivity contribution in [2.75, 3.05) is 20.8 Å². The third-order valence-electron chi connectivity index (χ3n) is 4.26. The Balaban J connectivity index is 2.10. The molecule has 0 aliphatic rings. The lowest BCUT2D eigenvalue weighted by molar-refractivity contribution is -0.137. The van der Waals surface area contributed by atoms with Gasteiger partial charge in [0.2, 0.25) is 0 Å². The van der Waals surface area contributed by atoms with Gasteiger partial charge in [-0.15, -0.1) is 0 Å². The third-order valence-corrected chi connectivity index (χ3v) is 5.30. The minimum Gasteiger partial charge on any atom is -0.465 e. The number of carbonyl (C=O) groups excluding carboxylic acids is 2. The van der Waals surface area contributed by atoms with Gasteiger partial charge < -0.3 is 14.0 Å². The Labute approximate surface area is 173 Å². The van der Waals surface area contributed by atoms with E-state index in [1.54, 1.807) is 22.8 Å². The van der Waals surface area contributed by atoms with E-state index in [0.717, 1.165) is 29.5 Å². The maximum absolute atomic E-state index is 12.9. The number of fused-ring (bicyclic) bond motifs is 1. The second kappa shape index (κ2) is 8.80. The summed E-state index contributed by atoms with van der Waals surface area (Å²) in [5.74, 6) is -1.31. The molecule has 0 aliphatic carbocycles. The molecule has 1 aromatic heterocycles. The highest BCUT2D eigenvalue weighted by atomic mass is 32.1. The van der Waals surface area contributed by atoms with Crippen molar-refractivity contribution in [3.8, 4) is 0 Å². The number of amides is 1. The summed E-state index contributed by atoms with van der Waals surface area (Å²) >= 11 is 1.14. The predicted molar refractivity (Wildman–Crippen MR) is 104 cm³/mol. The number of benzene rings is 2. The molecule has 0 bridgehead atoms. The molecule has 3 rings (SSSR count). The normalized spacial score (nSPS) is 12.4. The number of thiazole rings is 1. The zero-order valence-electron chi connectivity index (χ0n) is 16.0. The molecule has 10 heteroatoms. The van der Waals surface area contributed by atoms with Crippen LogP contribution in [0.4, 0.5) is 13.2 Å². The summed E-state index contributed by atoms with van der Waals surface area (Å²) in [4.78, 5) is 28.7. The van der Waals surface area contributed by atoms with E-state index >= 15 is 0 Å². The van der Waals surface area contributed by atoms with E-state index in [-0.39, 0.29) is 10.4 Å². The van der Waals surface area contributed by atoms with Crippen LogP contribution in [-0.4, -0.2) is 37.3 Å². The van der Waals surface area contributed by atoms with E-state index in [4.69, 9.17) is 9.47 Å². The van der Waals surface area contributed by atoms with Gasteiger partial charge in [0.25, 0.3) is 5.91 Å². The van der Waals surface area contributed by atoms with Crippen LogP contribution in [0.5, 0.6) is 0 Å². The first kappa shape index (κ1) is 21.7. The quantitative estimate of drug-likeness (QED) is 0.567. The first-order chi connectivity index (χ1) is 14.2. The van der Waals surface area contributed by atoms with Crippen molar-refractivity contribution in [1.29, 1.82) is 0 Å². The molecule has 2 aromatic carbocycles. The van der Waals surface area contributed by atoms with E-state index < -0.39 is 23.6 Å². The fourth-order valence-electron chi connectivity index (χ4n) is 2.78. The summed E-state index contributed by atoms with van der Waals surface area (Å²) in [7, 11) is 2.79. The maximum Gasteiger partial charge on any atom is 0.416 e. The lowest BCUT2D eigenvalue weighted by Crippen LogP contribution is -2.19. The molecule has 0 unspecified atom stereocenters. The molecule has 0 fully saturated rings. The summed E-state index contributed by atoms with van der Waals surface area (Å²) in [6, 6.07) is 9.01. The summed E-state index contributed by atoms with van der Waals surface area (Å²) in [5.41, 5.74) is -0.0492. The van der Waals surface area contributed by atoms with Crippen LogP contribution >= 0.6 is 11.3 Å². The molecule has 0 atom stereocenters. The monoisotopic (exact) mass is 438 g/mol. The number of rotatable bonds is 5. The average molecular weight is 438 g/mol. The van der Waals surface area contributed by atoms with Gasteiger partial charge in [-0.3, -0.25) is 4.79 Å². The van der Waals surface area contributed by atoms with Gasteiger partial charge >= 0.3 is 12.1 Å². The molecule has 0 radical (unpaired) electrons. The molecule has 158 valence electrons. The molecule has 0 N–H and O–H groups in total. The van der Waals surface area contributed by atoms with E-state index in [0.29, 0.717) is 28.9 Å². The topological polar surface area (TPSA) is 69.9 Å². The number of esters is 1. The molecule has 1 heterocycles. The summed E-state index contributed by atoms with van der Waals surface area (Å²) in [6.07, 6.45) is -4.56. The molecule has 0 aliphatic heterocycles. The van der Waals surface area contributed by atoms with Crippen LogP contribution in [0.15, 0.2) is 47.5 Å². The Morgan fingerprint density at radius 3 is 2.53 bits per heavy atom. The summed E-state index contributed by atoms with van der Waals surface area (Å²) in [5, 5.41) is 0. The standard InChI is InChI=1S/C20H17F3N2O4S/c1-28-9-8-25-15-7-6-13(18(27)29-2)11-16(15)30-19(25)24-17(26)12-4-3-5-14(10-12)20(21,22)23/h3-7,10-11H,8-9H2,1-2H3. The van der Waals surface area contributed by atoms with E-state index in [9.17, 15) is 22.8 Å². The first-order valence-corrected chi connectivity index (χ1v) is 9.53. The van der Waals surface area contributed by atoms with Gasteiger partial charge in [-0.1, -0.05) is 17.4 Å². The minimum absolute atomic E-state index is 0.171. The van der Waals surface area contributed by atoms with E-state index in [2.05, 4.69) is 4.99 Å². The van der Waals surface area contributed by atoms with E-state index in [1.165, 1.54) is 20.3 Å². The highest BCUT2D eigenvalue weighted by Gasteiger charge is 2.30.